The molecule has 1 atom stereocenters. The van der Waals surface area contributed by atoms with E-state index in [0.29, 0.717) is 24.4 Å². The Hall–Kier alpha value is -3.36. The number of rotatable bonds is 9. The molecular weight excluding hydrogens is 488 g/mol. The minimum absolute atomic E-state index is 0.0312. The van der Waals surface area contributed by atoms with E-state index in [0.717, 1.165) is 12.5 Å². The second kappa shape index (κ2) is 10.7. The molecule has 36 heavy (non-hydrogen) atoms. The molecule has 1 amide bonds. The number of ether oxygens (including phenoxy) is 1. The molecule has 1 aliphatic heterocycles. The van der Waals surface area contributed by atoms with Crippen molar-refractivity contribution >= 4 is 34.7 Å². The van der Waals surface area contributed by atoms with Gasteiger partial charge in [-0.3, -0.25) is 9.59 Å². The van der Waals surface area contributed by atoms with Gasteiger partial charge >= 0.3 is 0 Å². The quantitative estimate of drug-likeness (QED) is 0.275. The average Bonchev–Trinajstić information content (AvgIpc) is 3.33. The summed E-state index contributed by atoms with van der Waals surface area (Å²) in [6.07, 6.45) is 0.395. The first-order valence-electron chi connectivity index (χ1n) is 11.5. The molecule has 1 aliphatic rings. The largest absolute Gasteiger partial charge is 0.380 e. The molecule has 2 aromatic carbocycles. The van der Waals surface area contributed by atoms with Gasteiger partial charge in [-0.25, -0.2) is 13.8 Å². The summed E-state index contributed by atoms with van der Waals surface area (Å²) in [6.45, 7) is 1.65. The molecule has 3 aromatic rings. The second-order valence-corrected chi connectivity index (χ2v) is 9.35. The lowest BCUT2D eigenvalue weighted by atomic mass is 9.80. The number of Topliss-reactive ketones (excluding diaryl/α,β-unsaturated/α-hetero) is 1. The lowest BCUT2D eigenvalue weighted by molar-refractivity contribution is -0.131. The van der Waals surface area contributed by atoms with Crippen molar-refractivity contribution in [1.82, 2.24) is 10.3 Å². The summed E-state index contributed by atoms with van der Waals surface area (Å²) in [7, 11) is 0. The molecule has 0 saturated carbocycles. The predicted octanol–water partition coefficient (Wildman–Crippen LogP) is 5.89. The van der Waals surface area contributed by atoms with Gasteiger partial charge in [-0.1, -0.05) is 48.0 Å². The van der Waals surface area contributed by atoms with Crippen LogP contribution in [-0.2, 0) is 22.0 Å². The van der Waals surface area contributed by atoms with E-state index in [4.69, 9.17) is 16.3 Å². The molecule has 4 rings (SSSR count). The summed E-state index contributed by atoms with van der Waals surface area (Å²) < 4.78 is 33.3. The summed E-state index contributed by atoms with van der Waals surface area (Å²) in [6, 6.07) is 18.2. The van der Waals surface area contributed by atoms with Crippen LogP contribution in [0.3, 0.4) is 0 Å². The number of nitrogens with zero attached hydrogens (tertiary/aromatic N) is 1. The van der Waals surface area contributed by atoms with Crippen LogP contribution >= 0.6 is 11.6 Å². The maximum Gasteiger partial charge on any atom is 0.272 e. The fourth-order valence-corrected chi connectivity index (χ4v) is 4.34. The van der Waals surface area contributed by atoms with E-state index >= 15 is 0 Å². The maximum absolute atomic E-state index is 13.9. The summed E-state index contributed by atoms with van der Waals surface area (Å²) in [5.41, 5.74) is 0.938. The molecule has 1 aromatic heterocycles. The maximum atomic E-state index is 13.9. The zero-order valence-electron chi connectivity index (χ0n) is 19.7. The molecule has 0 aliphatic carbocycles. The van der Waals surface area contributed by atoms with Crippen LogP contribution in [0.25, 0.3) is 0 Å². The number of alkyl halides is 2. The third-order valence-electron chi connectivity index (χ3n) is 6.17. The van der Waals surface area contributed by atoms with E-state index in [9.17, 15) is 18.4 Å². The molecule has 0 unspecified atom stereocenters. The highest BCUT2D eigenvalue weighted by molar-refractivity contribution is 6.29. The molecule has 0 radical (unpaired) electrons. The van der Waals surface area contributed by atoms with Gasteiger partial charge in [0.05, 0.1) is 12.0 Å². The van der Waals surface area contributed by atoms with E-state index < -0.39 is 11.3 Å². The van der Waals surface area contributed by atoms with Gasteiger partial charge in [-0.15, -0.1) is 0 Å². The normalized spacial score (nSPS) is 17.6. The Kier molecular flexibility index (Phi) is 7.66. The third kappa shape index (κ3) is 6.06. The number of pyridine rings is 1. The number of hydrogen-bond donors (Lipinski definition) is 2. The molecule has 6 nitrogen and oxygen atoms in total. The third-order valence-corrected chi connectivity index (χ3v) is 6.38. The number of amides is 1. The van der Waals surface area contributed by atoms with Crippen molar-refractivity contribution in [3.63, 3.8) is 0 Å². The summed E-state index contributed by atoms with van der Waals surface area (Å²) in [4.78, 5) is 30.0. The number of benzene rings is 2. The van der Waals surface area contributed by atoms with Gasteiger partial charge in [0.15, 0.2) is 5.78 Å². The first-order chi connectivity index (χ1) is 17.2. The van der Waals surface area contributed by atoms with Gasteiger partial charge in [0.2, 0.25) is 5.91 Å². The van der Waals surface area contributed by atoms with Crippen LogP contribution in [-0.4, -0.2) is 29.9 Å². The number of para-hydroxylation sites is 1. The molecule has 0 spiro atoms. The number of halogens is 3. The van der Waals surface area contributed by atoms with Crippen LogP contribution in [0, 0.1) is 5.41 Å². The lowest BCUT2D eigenvalue weighted by Gasteiger charge is -2.25. The number of aromatic nitrogens is 1. The Labute approximate surface area is 213 Å². The zero-order valence-corrected chi connectivity index (χ0v) is 20.4. The van der Waals surface area contributed by atoms with Gasteiger partial charge in [0.1, 0.15) is 10.8 Å². The predicted molar refractivity (Wildman–Crippen MR) is 134 cm³/mol. The van der Waals surface area contributed by atoms with Crippen LogP contribution in [0.4, 0.5) is 20.2 Å². The van der Waals surface area contributed by atoms with Crippen LogP contribution in [0.15, 0.2) is 66.7 Å². The highest BCUT2D eigenvalue weighted by atomic mass is 35.5. The molecule has 0 bridgehead atoms. The van der Waals surface area contributed by atoms with Crippen molar-refractivity contribution in [2.75, 3.05) is 18.5 Å². The van der Waals surface area contributed by atoms with Gasteiger partial charge in [0, 0.05) is 43.4 Å². The topological polar surface area (TPSA) is 80.3 Å². The van der Waals surface area contributed by atoms with Crippen molar-refractivity contribution in [2.45, 2.75) is 32.2 Å². The Morgan fingerprint density at radius 3 is 2.50 bits per heavy atom. The molecular formula is C27H26ClF2N3O3. The molecule has 2 N–H and O–H groups in total. The van der Waals surface area contributed by atoms with Crippen molar-refractivity contribution in [1.29, 1.82) is 0 Å². The summed E-state index contributed by atoms with van der Waals surface area (Å²) >= 11 is 5.90. The van der Waals surface area contributed by atoms with Gasteiger partial charge in [-0.05, 0) is 42.3 Å². The first-order valence-corrected chi connectivity index (χ1v) is 11.9. The zero-order chi connectivity index (χ0) is 25.8. The Morgan fingerprint density at radius 2 is 1.83 bits per heavy atom. The number of carbonyl (C=O) groups is 2. The molecule has 9 heteroatoms. The first kappa shape index (κ1) is 25.7. The molecule has 1 fully saturated rings. The van der Waals surface area contributed by atoms with Crippen LogP contribution in [0.2, 0.25) is 5.15 Å². The fourth-order valence-electron chi connectivity index (χ4n) is 4.17. The minimum Gasteiger partial charge on any atom is -0.380 e. The summed E-state index contributed by atoms with van der Waals surface area (Å²) in [5.74, 6) is -3.51. The number of ketones is 1. The van der Waals surface area contributed by atoms with Crippen LogP contribution in [0.1, 0.15) is 41.4 Å². The lowest BCUT2D eigenvalue weighted by Crippen LogP contribution is -2.42. The van der Waals surface area contributed by atoms with E-state index in [-0.39, 0.29) is 47.7 Å². The van der Waals surface area contributed by atoms with Crippen molar-refractivity contribution in [2.24, 2.45) is 5.41 Å². The minimum atomic E-state index is -2.97. The molecule has 2 heterocycles. The van der Waals surface area contributed by atoms with Gasteiger partial charge in [0.25, 0.3) is 5.92 Å². The van der Waals surface area contributed by atoms with Crippen molar-refractivity contribution in [3.05, 3.63) is 88.7 Å². The van der Waals surface area contributed by atoms with Crippen LogP contribution < -0.4 is 10.6 Å². The van der Waals surface area contributed by atoms with E-state index in [1.165, 1.54) is 6.07 Å². The van der Waals surface area contributed by atoms with E-state index in [2.05, 4.69) is 15.6 Å². The smallest absolute Gasteiger partial charge is 0.272 e. The number of nitrogens with one attached hydrogen (secondary N) is 2. The molecule has 188 valence electrons. The van der Waals surface area contributed by atoms with Crippen molar-refractivity contribution < 1.29 is 23.1 Å². The number of anilines is 2. The van der Waals surface area contributed by atoms with Gasteiger partial charge < -0.3 is 15.4 Å². The molecule has 1 saturated heterocycles. The van der Waals surface area contributed by atoms with Crippen molar-refractivity contribution in [3.8, 4) is 0 Å². The monoisotopic (exact) mass is 513 g/mol. The SMILES string of the molecule is CC(F)(F)c1ccccc1Nc1ccc(CNC(=O)[C@]2(CC(=O)c3cccc(Cl)n3)CCOC2)cc1. The second-order valence-electron chi connectivity index (χ2n) is 8.97. The summed E-state index contributed by atoms with van der Waals surface area (Å²) in [5, 5.41) is 6.15. The highest BCUT2D eigenvalue weighted by Gasteiger charge is 2.44. The Morgan fingerprint density at radius 1 is 1.08 bits per heavy atom. The number of hydrogen-bond acceptors (Lipinski definition) is 5. The Bertz CT molecular complexity index is 1240. The average molecular weight is 514 g/mol. The van der Waals surface area contributed by atoms with Crippen LogP contribution in [0.5, 0.6) is 0 Å². The standard InChI is InChI=1S/C27H26ClF2N3O3/c1-26(29,30)20-5-2-3-6-21(20)32-19-11-9-18(10-12-19)16-31-25(35)27(13-14-36-17-27)15-23(34)22-7-4-8-24(28)33-22/h2-12,32H,13-17H2,1H3,(H,31,35)/t27-/m0/s1. The number of carbonyl (C=O) groups excluding carboxylic acids is 2. The van der Waals surface area contributed by atoms with Gasteiger partial charge in [-0.2, -0.15) is 0 Å². The van der Waals surface area contributed by atoms with E-state index in [1.807, 2.05) is 0 Å². The Balaban J connectivity index is 1.39. The van der Waals surface area contributed by atoms with E-state index in [1.54, 1.807) is 60.7 Å². The highest BCUT2D eigenvalue weighted by Crippen LogP contribution is 2.35. The fraction of sp³-hybridized carbons (Fsp3) is 0.296.